The van der Waals surface area contributed by atoms with Gasteiger partial charge in [-0.15, -0.1) is 0 Å². The van der Waals surface area contributed by atoms with Crippen LogP contribution in [0.15, 0.2) is 18.3 Å². The molecule has 0 aliphatic heterocycles. The fourth-order valence-electron chi connectivity index (χ4n) is 1.01. The summed E-state index contributed by atoms with van der Waals surface area (Å²) in [5.41, 5.74) is 0.972. The van der Waals surface area contributed by atoms with Crippen LogP contribution in [0.25, 0.3) is 0 Å². The highest BCUT2D eigenvalue weighted by Gasteiger charge is 2.05. The first-order valence-electron chi connectivity index (χ1n) is 4.07. The number of carboxylic acid groups (broad SMARTS) is 1. The summed E-state index contributed by atoms with van der Waals surface area (Å²) in [6.45, 7) is 1.43. The molecule has 74 valence electrons. The predicted octanol–water partition coefficient (Wildman–Crippen LogP) is 0.966. The van der Waals surface area contributed by atoms with Gasteiger partial charge in [0.2, 0.25) is 0 Å². The fourth-order valence-corrected chi connectivity index (χ4v) is 1.01. The van der Waals surface area contributed by atoms with Crippen LogP contribution in [-0.4, -0.2) is 28.3 Å². The summed E-state index contributed by atoms with van der Waals surface area (Å²) in [6, 6.07) is 3.43. The number of carbonyl (C=O) groups is 1. The zero-order valence-electron chi connectivity index (χ0n) is 7.74. The van der Waals surface area contributed by atoms with Crippen molar-refractivity contribution >= 4 is 17.5 Å². The second-order valence-corrected chi connectivity index (χ2v) is 2.77. The van der Waals surface area contributed by atoms with Crippen molar-refractivity contribution in [1.82, 2.24) is 4.98 Å². The van der Waals surface area contributed by atoms with Crippen molar-refractivity contribution in [3.05, 3.63) is 23.9 Å². The van der Waals surface area contributed by atoms with Crippen LogP contribution < -0.4 is 5.32 Å². The van der Waals surface area contributed by atoms with Crippen molar-refractivity contribution in [2.45, 2.75) is 6.92 Å². The van der Waals surface area contributed by atoms with Crippen molar-refractivity contribution in [3.63, 3.8) is 0 Å². The Morgan fingerprint density at radius 2 is 2.43 bits per heavy atom. The van der Waals surface area contributed by atoms with Gasteiger partial charge < -0.3 is 15.8 Å². The summed E-state index contributed by atoms with van der Waals surface area (Å²) in [6.07, 6.45) is 1.55. The van der Waals surface area contributed by atoms with Gasteiger partial charge >= 0.3 is 5.97 Å². The van der Waals surface area contributed by atoms with Crippen LogP contribution in [0.4, 0.5) is 5.82 Å². The zero-order chi connectivity index (χ0) is 10.6. The van der Waals surface area contributed by atoms with Gasteiger partial charge in [0.25, 0.3) is 0 Å². The molecule has 0 atom stereocenters. The summed E-state index contributed by atoms with van der Waals surface area (Å²) < 4.78 is 0. The highest BCUT2D eigenvalue weighted by molar-refractivity contribution is 6.00. The Bertz CT molecular complexity index is 363. The monoisotopic (exact) mass is 193 g/mol. The lowest BCUT2D eigenvalue weighted by atomic mass is 10.2. The Hall–Kier alpha value is -1.91. The molecule has 0 aliphatic carbocycles. The molecule has 0 saturated heterocycles. The lowest BCUT2D eigenvalue weighted by Gasteiger charge is -2.07. The molecule has 0 aromatic carbocycles. The molecule has 0 unspecified atom stereocenters. The second kappa shape index (κ2) is 4.36. The second-order valence-electron chi connectivity index (χ2n) is 2.77. The van der Waals surface area contributed by atoms with Crippen LogP contribution in [0.3, 0.4) is 0 Å². The third-order valence-corrected chi connectivity index (χ3v) is 1.62. The van der Waals surface area contributed by atoms with Crippen molar-refractivity contribution < 1.29 is 9.90 Å². The predicted molar refractivity (Wildman–Crippen MR) is 52.9 cm³/mol. The molecular formula is C9H11N3O2. The molecule has 0 aliphatic rings. The van der Waals surface area contributed by atoms with E-state index in [9.17, 15) is 4.79 Å². The summed E-state index contributed by atoms with van der Waals surface area (Å²) in [4.78, 5) is 14.3. The number of rotatable bonds is 4. The summed E-state index contributed by atoms with van der Waals surface area (Å²) in [5.74, 6) is -0.522. The van der Waals surface area contributed by atoms with Crippen LogP contribution in [0.2, 0.25) is 0 Å². The van der Waals surface area contributed by atoms with Crippen LogP contribution in [0.5, 0.6) is 0 Å². The quantitative estimate of drug-likeness (QED) is 0.622. The highest BCUT2D eigenvalue weighted by Crippen LogP contribution is 2.11. The minimum Gasteiger partial charge on any atom is -0.480 e. The van der Waals surface area contributed by atoms with E-state index in [1.807, 2.05) is 0 Å². The van der Waals surface area contributed by atoms with Gasteiger partial charge in [-0.1, -0.05) is 0 Å². The molecule has 5 nitrogen and oxygen atoms in total. The molecule has 0 bridgehead atoms. The summed E-state index contributed by atoms with van der Waals surface area (Å²) in [7, 11) is 0. The molecule has 1 rings (SSSR count). The first kappa shape index (κ1) is 10.2. The number of nitrogens with one attached hydrogen (secondary N) is 2. The lowest BCUT2D eigenvalue weighted by molar-refractivity contribution is -0.134. The van der Waals surface area contributed by atoms with E-state index in [2.05, 4.69) is 10.3 Å². The largest absolute Gasteiger partial charge is 0.480 e. The lowest BCUT2D eigenvalue weighted by Crippen LogP contribution is -2.15. The van der Waals surface area contributed by atoms with E-state index < -0.39 is 5.97 Å². The van der Waals surface area contributed by atoms with E-state index in [4.69, 9.17) is 10.5 Å². The molecule has 5 heteroatoms. The molecule has 1 heterocycles. The maximum atomic E-state index is 10.3. The number of nitrogens with zero attached hydrogens (tertiary/aromatic N) is 1. The minimum absolute atomic E-state index is 0.197. The normalized spacial score (nSPS) is 9.50. The van der Waals surface area contributed by atoms with Gasteiger partial charge in [0.05, 0.1) is 0 Å². The van der Waals surface area contributed by atoms with E-state index in [0.29, 0.717) is 17.1 Å². The Morgan fingerprint density at radius 1 is 1.71 bits per heavy atom. The standard InChI is InChI=1S/C9H11N3O2/c1-6(10)7-3-2-4-11-9(7)12-5-8(13)14/h2-4,10H,5H2,1H3,(H,11,12)(H,13,14). The smallest absolute Gasteiger partial charge is 0.322 e. The topological polar surface area (TPSA) is 86.1 Å². The van der Waals surface area contributed by atoms with E-state index >= 15 is 0 Å². The molecule has 3 N–H and O–H groups in total. The average molecular weight is 193 g/mol. The minimum atomic E-state index is -0.954. The van der Waals surface area contributed by atoms with Crippen LogP contribution in [0.1, 0.15) is 12.5 Å². The molecule has 0 spiro atoms. The zero-order valence-corrected chi connectivity index (χ0v) is 7.74. The SMILES string of the molecule is CC(=N)c1cccnc1NCC(=O)O. The average Bonchev–Trinajstić information content (AvgIpc) is 2.15. The van der Waals surface area contributed by atoms with Gasteiger partial charge in [-0.25, -0.2) is 4.98 Å². The number of hydrogen-bond acceptors (Lipinski definition) is 4. The maximum absolute atomic E-state index is 10.3. The molecule has 0 fully saturated rings. The number of carboxylic acids is 1. The van der Waals surface area contributed by atoms with Crippen LogP contribution in [-0.2, 0) is 4.79 Å². The van der Waals surface area contributed by atoms with Gasteiger partial charge in [0, 0.05) is 17.5 Å². The van der Waals surface area contributed by atoms with Gasteiger partial charge in [-0.3, -0.25) is 4.79 Å². The number of pyridine rings is 1. The Balaban J connectivity index is 2.84. The Morgan fingerprint density at radius 3 is 3.00 bits per heavy atom. The van der Waals surface area contributed by atoms with Crippen molar-refractivity contribution in [2.75, 3.05) is 11.9 Å². The number of aliphatic carboxylic acids is 1. The molecule has 0 saturated carbocycles. The maximum Gasteiger partial charge on any atom is 0.322 e. The number of hydrogen-bond donors (Lipinski definition) is 3. The van der Waals surface area contributed by atoms with Crippen LogP contribution in [0, 0.1) is 5.41 Å². The molecule has 0 radical (unpaired) electrons. The van der Waals surface area contributed by atoms with Crippen molar-refractivity contribution in [3.8, 4) is 0 Å². The van der Waals surface area contributed by atoms with Crippen molar-refractivity contribution in [1.29, 1.82) is 5.41 Å². The summed E-state index contributed by atoms with van der Waals surface area (Å²) in [5, 5.41) is 18.5. The third-order valence-electron chi connectivity index (χ3n) is 1.62. The molecule has 14 heavy (non-hydrogen) atoms. The molecule has 1 aromatic heterocycles. The van der Waals surface area contributed by atoms with Gasteiger partial charge in [0.15, 0.2) is 0 Å². The Kier molecular flexibility index (Phi) is 3.17. The molecule has 0 amide bonds. The summed E-state index contributed by atoms with van der Waals surface area (Å²) >= 11 is 0. The van der Waals surface area contributed by atoms with Gasteiger partial charge in [-0.05, 0) is 19.1 Å². The van der Waals surface area contributed by atoms with Gasteiger partial charge in [-0.2, -0.15) is 0 Å². The van der Waals surface area contributed by atoms with Crippen LogP contribution >= 0.6 is 0 Å². The highest BCUT2D eigenvalue weighted by atomic mass is 16.4. The third kappa shape index (κ3) is 2.55. The van der Waals surface area contributed by atoms with E-state index in [-0.39, 0.29) is 6.54 Å². The first-order chi connectivity index (χ1) is 6.61. The fraction of sp³-hybridized carbons (Fsp3) is 0.222. The number of anilines is 1. The Labute approximate surface area is 81.3 Å². The molecule has 1 aromatic rings. The van der Waals surface area contributed by atoms with E-state index in [1.54, 1.807) is 25.3 Å². The van der Waals surface area contributed by atoms with Crippen molar-refractivity contribution in [2.24, 2.45) is 0 Å². The van der Waals surface area contributed by atoms with E-state index in [0.717, 1.165) is 0 Å². The van der Waals surface area contributed by atoms with Gasteiger partial charge in [0.1, 0.15) is 12.4 Å². The molecular weight excluding hydrogens is 182 g/mol. The number of aromatic nitrogens is 1. The van der Waals surface area contributed by atoms with E-state index in [1.165, 1.54) is 0 Å². The first-order valence-corrected chi connectivity index (χ1v) is 4.07.